The van der Waals surface area contributed by atoms with E-state index in [1.807, 2.05) is 19.9 Å². The molecular formula is C16H28N2O. The van der Waals surface area contributed by atoms with E-state index in [-0.39, 0.29) is 0 Å². The SMILES string of the molecule is CC.COc1ccc2c(c1)C(N(C)C)CCCN2C. The third-order valence-corrected chi connectivity index (χ3v) is 3.60. The number of hydrogen-bond acceptors (Lipinski definition) is 3. The highest BCUT2D eigenvalue weighted by Gasteiger charge is 2.23. The van der Waals surface area contributed by atoms with Crippen LogP contribution in [0.25, 0.3) is 0 Å². The summed E-state index contributed by atoms with van der Waals surface area (Å²) in [5, 5.41) is 0. The second-order valence-electron chi connectivity index (χ2n) is 4.97. The summed E-state index contributed by atoms with van der Waals surface area (Å²) >= 11 is 0. The van der Waals surface area contributed by atoms with Gasteiger partial charge in [0, 0.05) is 25.3 Å². The van der Waals surface area contributed by atoms with Crippen LogP contribution < -0.4 is 9.64 Å². The third-order valence-electron chi connectivity index (χ3n) is 3.60. The lowest BCUT2D eigenvalue weighted by atomic mass is 10.0. The Morgan fingerprint density at radius 3 is 2.53 bits per heavy atom. The van der Waals surface area contributed by atoms with Gasteiger partial charge in [-0.25, -0.2) is 0 Å². The number of anilines is 1. The monoisotopic (exact) mass is 264 g/mol. The van der Waals surface area contributed by atoms with Crippen molar-refractivity contribution >= 4 is 5.69 Å². The molecule has 0 saturated carbocycles. The van der Waals surface area contributed by atoms with Gasteiger partial charge in [-0.1, -0.05) is 13.8 Å². The van der Waals surface area contributed by atoms with Gasteiger partial charge < -0.3 is 14.5 Å². The van der Waals surface area contributed by atoms with Crippen LogP contribution in [0.4, 0.5) is 5.69 Å². The Balaban J connectivity index is 0.000000861. The van der Waals surface area contributed by atoms with E-state index in [0.29, 0.717) is 6.04 Å². The van der Waals surface area contributed by atoms with E-state index in [0.717, 1.165) is 12.3 Å². The molecule has 1 atom stereocenters. The van der Waals surface area contributed by atoms with E-state index in [2.05, 4.69) is 43.1 Å². The number of rotatable bonds is 2. The summed E-state index contributed by atoms with van der Waals surface area (Å²) in [5.74, 6) is 0.950. The first-order chi connectivity index (χ1) is 9.13. The number of ether oxygens (including phenoxy) is 1. The minimum Gasteiger partial charge on any atom is -0.497 e. The molecule has 1 aromatic rings. The molecule has 3 nitrogen and oxygen atoms in total. The normalized spacial score (nSPS) is 18.3. The van der Waals surface area contributed by atoms with E-state index in [1.165, 1.54) is 24.1 Å². The zero-order valence-electron chi connectivity index (χ0n) is 13.2. The Bertz CT molecular complexity index is 390. The summed E-state index contributed by atoms with van der Waals surface area (Å²) in [6.07, 6.45) is 2.44. The van der Waals surface area contributed by atoms with Crippen molar-refractivity contribution in [2.75, 3.05) is 39.7 Å². The molecule has 1 heterocycles. The van der Waals surface area contributed by atoms with Gasteiger partial charge in [-0.15, -0.1) is 0 Å². The van der Waals surface area contributed by atoms with E-state index >= 15 is 0 Å². The van der Waals surface area contributed by atoms with Crippen LogP contribution in [0.2, 0.25) is 0 Å². The third kappa shape index (κ3) is 3.63. The number of fused-ring (bicyclic) bond motifs is 1. The fraction of sp³-hybridized carbons (Fsp3) is 0.625. The minimum atomic E-state index is 0.491. The molecule has 1 unspecified atom stereocenters. The summed E-state index contributed by atoms with van der Waals surface area (Å²) in [7, 11) is 8.20. The second-order valence-corrected chi connectivity index (χ2v) is 4.97. The lowest BCUT2D eigenvalue weighted by molar-refractivity contribution is 0.283. The lowest BCUT2D eigenvalue weighted by Gasteiger charge is -2.26. The van der Waals surface area contributed by atoms with Crippen LogP contribution in [0.3, 0.4) is 0 Å². The van der Waals surface area contributed by atoms with Crippen molar-refractivity contribution in [1.82, 2.24) is 4.90 Å². The van der Waals surface area contributed by atoms with E-state index in [4.69, 9.17) is 4.74 Å². The molecular weight excluding hydrogens is 236 g/mol. The van der Waals surface area contributed by atoms with E-state index in [1.54, 1.807) is 7.11 Å². The van der Waals surface area contributed by atoms with Crippen LogP contribution in [0.5, 0.6) is 5.75 Å². The van der Waals surface area contributed by atoms with Crippen molar-refractivity contribution in [3.63, 3.8) is 0 Å². The molecule has 1 aromatic carbocycles. The van der Waals surface area contributed by atoms with Crippen molar-refractivity contribution < 1.29 is 4.74 Å². The molecule has 1 aliphatic heterocycles. The topological polar surface area (TPSA) is 15.7 Å². The molecule has 0 radical (unpaired) electrons. The molecule has 1 aliphatic rings. The zero-order chi connectivity index (χ0) is 14.4. The molecule has 0 aliphatic carbocycles. The van der Waals surface area contributed by atoms with Gasteiger partial charge in [0.1, 0.15) is 5.75 Å². The summed E-state index contributed by atoms with van der Waals surface area (Å²) in [4.78, 5) is 4.65. The first-order valence-electron chi connectivity index (χ1n) is 7.19. The molecule has 0 aromatic heterocycles. The average Bonchev–Trinajstić information content (AvgIpc) is 2.60. The highest BCUT2D eigenvalue weighted by atomic mass is 16.5. The second kappa shape index (κ2) is 7.39. The first-order valence-corrected chi connectivity index (χ1v) is 7.19. The maximum atomic E-state index is 5.35. The largest absolute Gasteiger partial charge is 0.497 e. The van der Waals surface area contributed by atoms with Gasteiger partial charge in [0.25, 0.3) is 0 Å². The highest BCUT2D eigenvalue weighted by Crippen LogP contribution is 2.36. The van der Waals surface area contributed by atoms with Gasteiger partial charge in [-0.2, -0.15) is 0 Å². The van der Waals surface area contributed by atoms with Crippen molar-refractivity contribution in [3.05, 3.63) is 23.8 Å². The molecule has 0 saturated heterocycles. The Morgan fingerprint density at radius 1 is 1.26 bits per heavy atom. The summed E-state index contributed by atoms with van der Waals surface area (Å²) in [6, 6.07) is 6.90. The average molecular weight is 264 g/mol. The lowest BCUT2D eigenvalue weighted by Crippen LogP contribution is -2.20. The Kier molecular flexibility index (Phi) is 6.16. The van der Waals surface area contributed by atoms with Crippen molar-refractivity contribution in [2.45, 2.75) is 32.7 Å². The Labute approximate surface area is 118 Å². The molecule has 0 spiro atoms. The predicted octanol–water partition coefficient (Wildman–Crippen LogP) is 3.55. The van der Waals surface area contributed by atoms with Gasteiger partial charge in [0.05, 0.1) is 7.11 Å². The summed E-state index contributed by atoms with van der Waals surface area (Å²) < 4.78 is 5.35. The van der Waals surface area contributed by atoms with Crippen LogP contribution in [0, 0.1) is 0 Å². The van der Waals surface area contributed by atoms with Crippen LogP contribution in [0.1, 0.15) is 38.3 Å². The maximum absolute atomic E-state index is 5.35. The van der Waals surface area contributed by atoms with E-state index < -0.39 is 0 Å². The van der Waals surface area contributed by atoms with Crippen molar-refractivity contribution in [2.24, 2.45) is 0 Å². The Morgan fingerprint density at radius 2 is 1.95 bits per heavy atom. The summed E-state index contributed by atoms with van der Waals surface area (Å²) in [6.45, 7) is 5.13. The van der Waals surface area contributed by atoms with Gasteiger partial charge in [-0.3, -0.25) is 0 Å². The number of nitrogens with zero attached hydrogens (tertiary/aromatic N) is 2. The first kappa shape index (κ1) is 15.8. The maximum Gasteiger partial charge on any atom is 0.119 e. The highest BCUT2D eigenvalue weighted by molar-refractivity contribution is 5.58. The number of methoxy groups -OCH3 is 1. The van der Waals surface area contributed by atoms with Gasteiger partial charge in [0.2, 0.25) is 0 Å². The standard InChI is InChI=1S/C14H22N2O.C2H6/c1-15(2)13-6-5-9-16(3)14-8-7-11(17-4)10-12(13)14;1-2/h7-8,10,13H,5-6,9H2,1-4H3;1-2H3. The van der Waals surface area contributed by atoms with Crippen LogP contribution in [-0.2, 0) is 0 Å². The van der Waals surface area contributed by atoms with E-state index in [9.17, 15) is 0 Å². The minimum absolute atomic E-state index is 0.491. The molecule has 108 valence electrons. The number of hydrogen-bond donors (Lipinski definition) is 0. The van der Waals surface area contributed by atoms with Crippen LogP contribution in [0.15, 0.2) is 18.2 Å². The fourth-order valence-corrected chi connectivity index (χ4v) is 2.61. The predicted molar refractivity (Wildman–Crippen MR) is 83.3 cm³/mol. The molecule has 0 N–H and O–H groups in total. The van der Waals surface area contributed by atoms with Gasteiger partial charge in [0.15, 0.2) is 0 Å². The van der Waals surface area contributed by atoms with Crippen molar-refractivity contribution in [1.29, 1.82) is 0 Å². The number of benzene rings is 1. The fourth-order valence-electron chi connectivity index (χ4n) is 2.61. The zero-order valence-corrected chi connectivity index (χ0v) is 13.2. The van der Waals surface area contributed by atoms with Gasteiger partial charge >= 0.3 is 0 Å². The molecule has 19 heavy (non-hydrogen) atoms. The van der Waals surface area contributed by atoms with Gasteiger partial charge in [-0.05, 0) is 50.7 Å². The molecule has 0 amide bonds. The summed E-state index contributed by atoms with van der Waals surface area (Å²) in [5.41, 5.74) is 2.72. The molecule has 0 bridgehead atoms. The van der Waals surface area contributed by atoms with Crippen molar-refractivity contribution in [3.8, 4) is 5.75 Å². The smallest absolute Gasteiger partial charge is 0.119 e. The Hall–Kier alpha value is -1.22. The van der Waals surface area contributed by atoms with Crippen LogP contribution >= 0.6 is 0 Å². The van der Waals surface area contributed by atoms with Crippen LogP contribution in [-0.4, -0.2) is 39.7 Å². The molecule has 0 fully saturated rings. The molecule has 2 rings (SSSR count). The molecule has 3 heteroatoms. The quantitative estimate of drug-likeness (QED) is 0.812.